The molecule has 1 atom stereocenters. The second-order valence-corrected chi connectivity index (χ2v) is 9.67. The lowest BCUT2D eigenvalue weighted by atomic mass is 9.97. The molecule has 0 amide bonds. The standard InChI is InChI=1S/C24H29Cl2FN4O2/c1-2-19-15-30(23-21(26)11-17(13-28-23)24(32)33)9-10-31(19)20-5-7-29(8-6-20)14-16-3-4-18(25)12-22(16)27/h3-4,11-13,19-20H,2,5-10,14-15H2,1H3,(H,32,33)/t19-/m0/s1. The number of nitrogens with zero attached hydrogens (tertiary/aromatic N) is 4. The number of piperidine rings is 1. The quantitative estimate of drug-likeness (QED) is 0.622. The van der Waals surface area contributed by atoms with E-state index in [1.165, 1.54) is 18.3 Å². The Hall–Kier alpha value is -1.93. The zero-order chi connectivity index (χ0) is 23.5. The number of halogens is 3. The number of carboxylic acids is 1. The van der Waals surface area contributed by atoms with E-state index < -0.39 is 5.97 Å². The van der Waals surface area contributed by atoms with Crippen molar-refractivity contribution < 1.29 is 14.3 Å². The van der Waals surface area contributed by atoms with E-state index in [-0.39, 0.29) is 11.4 Å². The van der Waals surface area contributed by atoms with E-state index in [0.717, 1.165) is 52.0 Å². The van der Waals surface area contributed by atoms with Gasteiger partial charge in [-0.3, -0.25) is 9.80 Å². The molecule has 6 nitrogen and oxygen atoms in total. The molecule has 9 heteroatoms. The fourth-order valence-corrected chi connectivity index (χ4v) is 5.43. The summed E-state index contributed by atoms with van der Waals surface area (Å²) in [5, 5.41) is 9.95. The number of likely N-dealkylation sites (tertiary alicyclic amines) is 1. The molecule has 1 aromatic heterocycles. The van der Waals surface area contributed by atoms with Gasteiger partial charge in [0.05, 0.1) is 10.6 Å². The summed E-state index contributed by atoms with van der Waals surface area (Å²) in [5.74, 6) is -0.618. The number of piperazine rings is 1. The second kappa shape index (κ2) is 10.6. The Bertz CT molecular complexity index is 1000. The maximum atomic E-state index is 14.2. The van der Waals surface area contributed by atoms with Crippen LogP contribution in [0.5, 0.6) is 0 Å². The first-order valence-electron chi connectivity index (χ1n) is 11.4. The largest absolute Gasteiger partial charge is 0.478 e. The van der Waals surface area contributed by atoms with Crippen molar-refractivity contribution in [3.05, 3.63) is 57.5 Å². The number of aromatic carboxylic acids is 1. The molecule has 2 saturated heterocycles. The van der Waals surface area contributed by atoms with Crippen molar-refractivity contribution >= 4 is 35.0 Å². The predicted octanol–water partition coefficient (Wildman–Crippen LogP) is 4.79. The van der Waals surface area contributed by atoms with Gasteiger partial charge in [-0.1, -0.05) is 36.2 Å². The Kier molecular flexibility index (Phi) is 7.74. The molecular formula is C24H29Cl2FN4O2. The van der Waals surface area contributed by atoms with Crippen LogP contribution in [-0.2, 0) is 6.54 Å². The zero-order valence-corrected chi connectivity index (χ0v) is 20.2. The minimum Gasteiger partial charge on any atom is -0.478 e. The molecule has 0 aliphatic carbocycles. The Morgan fingerprint density at radius 2 is 1.94 bits per heavy atom. The van der Waals surface area contributed by atoms with Crippen molar-refractivity contribution in [1.29, 1.82) is 0 Å². The van der Waals surface area contributed by atoms with Crippen molar-refractivity contribution in [1.82, 2.24) is 14.8 Å². The molecule has 2 aliphatic heterocycles. The molecular weight excluding hydrogens is 466 g/mol. The van der Waals surface area contributed by atoms with Gasteiger partial charge < -0.3 is 10.0 Å². The van der Waals surface area contributed by atoms with Gasteiger partial charge in [-0.05, 0) is 50.6 Å². The molecule has 0 unspecified atom stereocenters. The van der Waals surface area contributed by atoms with E-state index in [1.54, 1.807) is 12.1 Å². The molecule has 1 aromatic carbocycles. The lowest BCUT2D eigenvalue weighted by Crippen LogP contribution is -2.58. The first-order valence-corrected chi connectivity index (χ1v) is 12.2. The molecule has 0 saturated carbocycles. The molecule has 33 heavy (non-hydrogen) atoms. The lowest BCUT2D eigenvalue weighted by molar-refractivity contribution is 0.0607. The van der Waals surface area contributed by atoms with E-state index >= 15 is 0 Å². The van der Waals surface area contributed by atoms with Crippen molar-refractivity contribution in [3.8, 4) is 0 Å². The Labute approximate surface area is 203 Å². The number of pyridine rings is 1. The zero-order valence-electron chi connectivity index (χ0n) is 18.7. The summed E-state index contributed by atoms with van der Waals surface area (Å²) in [6, 6.07) is 7.25. The third-order valence-electron chi connectivity index (χ3n) is 6.80. The van der Waals surface area contributed by atoms with Gasteiger partial charge in [-0.2, -0.15) is 0 Å². The van der Waals surface area contributed by atoms with E-state index in [1.807, 2.05) is 0 Å². The van der Waals surface area contributed by atoms with E-state index in [2.05, 4.69) is 26.6 Å². The van der Waals surface area contributed by atoms with E-state index in [4.69, 9.17) is 28.3 Å². The number of carbonyl (C=O) groups is 1. The molecule has 0 radical (unpaired) electrons. The number of rotatable bonds is 6. The van der Waals surface area contributed by atoms with Crippen LogP contribution in [0.15, 0.2) is 30.5 Å². The smallest absolute Gasteiger partial charge is 0.337 e. The maximum Gasteiger partial charge on any atom is 0.337 e. The van der Waals surface area contributed by atoms with Crippen molar-refractivity contribution in [3.63, 3.8) is 0 Å². The lowest BCUT2D eigenvalue weighted by Gasteiger charge is -2.47. The summed E-state index contributed by atoms with van der Waals surface area (Å²) in [6.07, 6.45) is 4.49. The number of carboxylic acid groups (broad SMARTS) is 1. The van der Waals surface area contributed by atoms with Gasteiger partial charge >= 0.3 is 5.97 Å². The summed E-state index contributed by atoms with van der Waals surface area (Å²) in [5.41, 5.74) is 0.788. The van der Waals surface area contributed by atoms with E-state index in [0.29, 0.717) is 40.1 Å². The summed E-state index contributed by atoms with van der Waals surface area (Å²) < 4.78 is 14.2. The van der Waals surface area contributed by atoms with Gasteiger partial charge in [0, 0.05) is 55.0 Å². The fraction of sp³-hybridized carbons (Fsp3) is 0.500. The normalized spacial score (nSPS) is 20.8. The molecule has 1 N–H and O–H groups in total. The second-order valence-electron chi connectivity index (χ2n) is 8.82. The Morgan fingerprint density at radius 3 is 2.58 bits per heavy atom. The molecule has 2 aromatic rings. The first-order chi connectivity index (χ1) is 15.9. The molecule has 178 valence electrons. The fourth-order valence-electron chi connectivity index (χ4n) is 4.99. The molecule has 0 bridgehead atoms. The summed E-state index contributed by atoms with van der Waals surface area (Å²) in [7, 11) is 0. The highest BCUT2D eigenvalue weighted by molar-refractivity contribution is 6.33. The van der Waals surface area contributed by atoms with Gasteiger partial charge in [-0.25, -0.2) is 14.2 Å². The molecule has 0 spiro atoms. The third kappa shape index (κ3) is 5.60. The topological polar surface area (TPSA) is 59.9 Å². The summed E-state index contributed by atoms with van der Waals surface area (Å²) in [6.45, 7) is 7.20. The molecule has 4 rings (SSSR count). The van der Waals surface area contributed by atoms with Crippen LogP contribution in [0.1, 0.15) is 42.1 Å². The minimum absolute atomic E-state index is 0.0969. The first kappa shape index (κ1) is 24.2. The maximum absolute atomic E-state index is 14.2. The predicted molar refractivity (Wildman–Crippen MR) is 129 cm³/mol. The van der Waals surface area contributed by atoms with E-state index in [9.17, 15) is 9.18 Å². The molecule has 3 heterocycles. The highest BCUT2D eigenvalue weighted by Gasteiger charge is 2.34. The van der Waals surface area contributed by atoms with Crippen LogP contribution in [0.3, 0.4) is 0 Å². The highest BCUT2D eigenvalue weighted by Crippen LogP contribution is 2.30. The van der Waals surface area contributed by atoms with Crippen LogP contribution >= 0.6 is 23.2 Å². The summed E-state index contributed by atoms with van der Waals surface area (Å²) >= 11 is 12.2. The van der Waals surface area contributed by atoms with Gasteiger partial charge in [0.2, 0.25) is 0 Å². The van der Waals surface area contributed by atoms with Crippen LogP contribution in [0.4, 0.5) is 10.2 Å². The SMILES string of the molecule is CC[C@H]1CN(c2ncc(C(=O)O)cc2Cl)CCN1C1CCN(Cc2ccc(Cl)cc2F)CC1. The average molecular weight is 495 g/mol. The molecule has 2 aliphatic rings. The number of aromatic nitrogens is 1. The molecule has 2 fully saturated rings. The van der Waals surface area contributed by atoms with Crippen LogP contribution < -0.4 is 4.90 Å². The Balaban J connectivity index is 1.35. The minimum atomic E-state index is -1.03. The van der Waals surface area contributed by atoms with Gasteiger partial charge in [-0.15, -0.1) is 0 Å². The van der Waals surface area contributed by atoms with Gasteiger partial charge in [0.25, 0.3) is 0 Å². The van der Waals surface area contributed by atoms with Gasteiger partial charge in [0.15, 0.2) is 0 Å². The Morgan fingerprint density at radius 1 is 1.18 bits per heavy atom. The number of hydrogen-bond donors (Lipinski definition) is 1. The van der Waals surface area contributed by atoms with Crippen LogP contribution in [0, 0.1) is 5.82 Å². The van der Waals surface area contributed by atoms with Crippen molar-refractivity contribution in [2.75, 3.05) is 37.6 Å². The van der Waals surface area contributed by atoms with Crippen molar-refractivity contribution in [2.24, 2.45) is 0 Å². The van der Waals surface area contributed by atoms with Crippen LogP contribution in [-0.4, -0.2) is 70.7 Å². The number of anilines is 1. The van der Waals surface area contributed by atoms with Gasteiger partial charge in [0.1, 0.15) is 11.6 Å². The van der Waals surface area contributed by atoms with Crippen LogP contribution in [0.2, 0.25) is 10.0 Å². The monoisotopic (exact) mass is 494 g/mol. The van der Waals surface area contributed by atoms with Crippen molar-refractivity contribution in [2.45, 2.75) is 44.8 Å². The average Bonchev–Trinajstić information content (AvgIpc) is 2.81. The number of benzene rings is 1. The summed E-state index contributed by atoms with van der Waals surface area (Å²) in [4.78, 5) is 22.6. The highest BCUT2D eigenvalue weighted by atomic mass is 35.5. The third-order valence-corrected chi connectivity index (χ3v) is 7.32. The van der Waals surface area contributed by atoms with Crippen LogP contribution in [0.25, 0.3) is 0 Å². The number of hydrogen-bond acceptors (Lipinski definition) is 5.